The summed E-state index contributed by atoms with van der Waals surface area (Å²) in [5.41, 5.74) is 2.94. The number of anilines is 1. The van der Waals surface area contributed by atoms with Crippen molar-refractivity contribution in [3.05, 3.63) is 66.0 Å². The first-order valence-electron chi connectivity index (χ1n) is 10.3. The third-order valence-corrected chi connectivity index (χ3v) is 5.93. The van der Waals surface area contributed by atoms with E-state index >= 15 is 0 Å². The second-order valence-corrected chi connectivity index (χ2v) is 8.18. The molecule has 0 radical (unpaired) electrons. The minimum Gasteiger partial charge on any atom is -0.497 e. The van der Waals surface area contributed by atoms with Crippen molar-refractivity contribution in [1.29, 1.82) is 0 Å². The predicted octanol–water partition coefficient (Wildman–Crippen LogP) is 4.41. The maximum atomic E-state index is 12.5. The Bertz CT molecular complexity index is 1130. The van der Waals surface area contributed by atoms with Gasteiger partial charge in [-0.1, -0.05) is 23.9 Å². The summed E-state index contributed by atoms with van der Waals surface area (Å²) < 4.78 is 18.3. The number of allylic oxidation sites excluding steroid dienone is 1. The molecule has 3 rings (SSSR count). The van der Waals surface area contributed by atoms with E-state index in [2.05, 4.69) is 29.0 Å². The molecule has 0 atom stereocenters. The number of rotatable bonds is 11. The van der Waals surface area contributed by atoms with Gasteiger partial charge >= 0.3 is 0 Å². The summed E-state index contributed by atoms with van der Waals surface area (Å²) in [6.07, 6.45) is 1.76. The number of aryl methyl sites for hydroxylation is 2. The summed E-state index contributed by atoms with van der Waals surface area (Å²) in [7, 11) is 3.11. The van der Waals surface area contributed by atoms with E-state index in [0.717, 1.165) is 11.3 Å². The second-order valence-electron chi connectivity index (χ2n) is 7.24. The number of nitrogens with one attached hydrogen (secondary N) is 1. The van der Waals surface area contributed by atoms with Crippen LogP contribution in [0.1, 0.15) is 17.0 Å². The van der Waals surface area contributed by atoms with Crippen LogP contribution in [0.4, 0.5) is 5.69 Å². The van der Waals surface area contributed by atoms with Crippen molar-refractivity contribution in [3.63, 3.8) is 0 Å². The quantitative estimate of drug-likeness (QED) is 0.329. The molecule has 0 aliphatic rings. The van der Waals surface area contributed by atoms with Gasteiger partial charge in [-0.2, -0.15) is 0 Å². The molecule has 8 nitrogen and oxygen atoms in total. The number of methoxy groups -OCH3 is 2. The van der Waals surface area contributed by atoms with Crippen molar-refractivity contribution < 1.29 is 19.0 Å². The van der Waals surface area contributed by atoms with Gasteiger partial charge in [-0.25, -0.2) is 0 Å². The molecule has 1 aromatic heterocycles. The van der Waals surface area contributed by atoms with Gasteiger partial charge in [0.25, 0.3) is 0 Å². The lowest BCUT2D eigenvalue weighted by atomic mass is 10.1. The number of carbonyl (C=O) groups is 1. The van der Waals surface area contributed by atoms with Crippen molar-refractivity contribution in [1.82, 2.24) is 14.8 Å². The number of hydrogen-bond donors (Lipinski definition) is 1. The average Bonchev–Trinajstić information content (AvgIpc) is 3.20. The lowest BCUT2D eigenvalue weighted by Crippen LogP contribution is -2.15. The molecule has 1 amide bonds. The minimum atomic E-state index is -0.190. The van der Waals surface area contributed by atoms with Crippen LogP contribution in [0.15, 0.2) is 54.2 Å². The van der Waals surface area contributed by atoms with E-state index in [4.69, 9.17) is 14.2 Å². The average molecular weight is 469 g/mol. The Morgan fingerprint density at radius 1 is 1.09 bits per heavy atom. The Morgan fingerprint density at radius 2 is 1.88 bits per heavy atom. The minimum absolute atomic E-state index is 0.155. The van der Waals surface area contributed by atoms with E-state index in [9.17, 15) is 4.79 Å². The van der Waals surface area contributed by atoms with Gasteiger partial charge in [0.15, 0.2) is 11.0 Å². The molecule has 0 fully saturated rings. The number of aromatic nitrogens is 3. The topological polar surface area (TPSA) is 87.5 Å². The molecule has 33 heavy (non-hydrogen) atoms. The maximum absolute atomic E-state index is 12.5. The standard InChI is InChI=1S/C24H28N4O4S/c1-6-11-28-22(14-32-19-8-7-16(2)17(3)12-19)26-27-24(28)33-15-23(29)25-20-10-9-18(30-4)13-21(20)31-5/h6-10,12-13H,1,11,14-15H2,2-5H3,(H,25,29). The Balaban J connectivity index is 1.63. The first-order valence-corrected chi connectivity index (χ1v) is 11.3. The Morgan fingerprint density at radius 3 is 2.58 bits per heavy atom. The first kappa shape index (κ1) is 24.2. The Kier molecular flexibility index (Phi) is 8.37. The fourth-order valence-electron chi connectivity index (χ4n) is 3.01. The predicted molar refractivity (Wildman–Crippen MR) is 129 cm³/mol. The van der Waals surface area contributed by atoms with E-state index in [0.29, 0.717) is 34.7 Å². The third kappa shape index (κ3) is 6.29. The summed E-state index contributed by atoms with van der Waals surface area (Å²) in [6, 6.07) is 11.2. The maximum Gasteiger partial charge on any atom is 0.234 e. The summed E-state index contributed by atoms with van der Waals surface area (Å²) in [6.45, 7) is 8.69. The van der Waals surface area contributed by atoms with Crippen LogP contribution >= 0.6 is 11.8 Å². The van der Waals surface area contributed by atoms with Crippen LogP contribution < -0.4 is 19.5 Å². The van der Waals surface area contributed by atoms with Gasteiger partial charge in [0.1, 0.15) is 23.9 Å². The molecule has 2 aromatic carbocycles. The summed E-state index contributed by atoms with van der Waals surface area (Å²) in [5, 5.41) is 12.0. The van der Waals surface area contributed by atoms with Crippen LogP contribution in [0.5, 0.6) is 17.2 Å². The van der Waals surface area contributed by atoms with Gasteiger partial charge in [0, 0.05) is 12.6 Å². The number of hydrogen-bond acceptors (Lipinski definition) is 7. The van der Waals surface area contributed by atoms with Crippen LogP contribution in [0.3, 0.4) is 0 Å². The second kappa shape index (κ2) is 11.4. The largest absolute Gasteiger partial charge is 0.497 e. The SMILES string of the molecule is C=CCn1c(COc2ccc(C)c(C)c2)nnc1SCC(=O)Nc1ccc(OC)cc1OC. The van der Waals surface area contributed by atoms with E-state index < -0.39 is 0 Å². The molecule has 0 bridgehead atoms. The highest BCUT2D eigenvalue weighted by molar-refractivity contribution is 7.99. The molecule has 0 aliphatic carbocycles. The van der Waals surface area contributed by atoms with Crippen molar-refractivity contribution in [2.24, 2.45) is 0 Å². The van der Waals surface area contributed by atoms with Crippen LogP contribution in [-0.2, 0) is 17.9 Å². The van der Waals surface area contributed by atoms with Gasteiger partial charge in [-0.05, 0) is 49.2 Å². The fourth-order valence-corrected chi connectivity index (χ4v) is 3.78. The fraction of sp³-hybridized carbons (Fsp3) is 0.292. The van der Waals surface area contributed by atoms with E-state index in [1.807, 2.05) is 29.7 Å². The molecule has 0 saturated carbocycles. The zero-order valence-electron chi connectivity index (χ0n) is 19.3. The van der Waals surface area contributed by atoms with Crippen LogP contribution in [0, 0.1) is 13.8 Å². The molecular weight excluding hydrogens is 440 g/mol. The molecule has 0 unspecified atom stereocenters. The third-order valence-electron chi connectivity index (χ3n) is 4.97. The lowest BCUT2D eigenvalue weighted by Gasteiger charge is -2.12. The summed E-state index contributed by atoms with van der Waals surface area (Å²) in [4.78, 5) is 12.5. The van der Waals surface area contributed by atoms with Crippen molar-refractivity contribution >= 4 is 23.4 Å². The molecular formula is C24H28N4O4S. The smallest absolute Gasteiger partial charge is 0.234 e. The van der Waals surface area contributed by atoms with Crippen molar-refractivity contribution in [2.75, 3.05) is 25.3 Å². The number of carbonyl (C=O) groups excluding carboxylic acids is 1. The molecule has 3 aromatic rings. The lowest BCUT2D eigenvalue weighted by molar-refractivity contribution is -0.113. The van der Waals surface area contributed by atoms with Gasteiger partial charge in [0.05, 0.1) is 25.7 Å². The Hall–Kier alpha value is -3.46. The molecule has 1 heterocycles. The van der Waals surface area contributed by atoms with E-state index in [1.54, 1.807) is 38.5 Å². The normalized spacial score (nSPS) is 10.5. The number of nitrogens with zero attached hydrogens (tertiary/aromatic N) is 3. The van der Waals surface area contributed by atoms with Crippen molar-refractivity contribution in [3.8, 4) is 17.2 Å². The van der Waals surface area contributed by atoms with Gasteiger partial charge in [0.2, 0.25) is 5.91 Å². The monoisotopic (exact) mass is 468 g/mol. The summed E-state index contributed by atoms with van der Waals surface area (Å²) >= 11 is 1.29. The van der Waals surface area contributed by atoms with Crippen molar-refractivity contribution in [2.45, 2.75) is 32.2 Å². The molecule has 0 saturated heterocycles. The van der Waals surface area contributed by atoms with Crippen LogP contribution in [0.25, 0.3) is 0 Å². The number of benzene rings is 2. The van der Waals surface area contributed by atoms with Gasteiger partial charge < -0.3 is 19.5 Å². The van der Waals surface area contributed by atoms with Crippen LogP contribution in [0.2, 0.25) is 0 Å². The highest BCUT2D eigenvalue weighted by Crippen LogP contribution is 2.29. The molecule has 0 aliphatic heterocycles. The number of ether oxygens (including phenoxy) is 3. The summed E-state index contributed by atoms with van der Waals surface area (Å²) in [5.74, 6) is 2.56. The first-order chi connectivity index (χ1) is 15.9. The zero-order valence-corrected chi connectivity index (χ0v) is 20.1. The molecule has 9 heteroatoms. The van der Waals surface area contributed by atoms with E-state index in [-0.39, 0.29) is 18.3 Å². The van der Waals surface area contributed by atoms with E-state index in [1.165, 1.54) is 17.3 Å². The molecule has 1 N–H and O–H groups in total. The highest BCUT2D eigenvalue weighted by atomic mass is 32.2. The molecule has 174 valence electrons. The van der Waals surface area contributed by atoms with Gasteiger partial charge in [-0.15, -0.1) is 16.8 Å². The van der Waals surface area contributed by atoms with Gasteiger partial charge in [-0.3, -0.25) is 9.36 Å². The Labute approximate surface area is 198 Å². The molecule has 0 spiro atoms. The highest BCUT2D eigenvalue weighted by Gasteiger charge is 2.15. The number of thioether (sulfide) groups is 1. The number of amides is 1. The zero-order chi connectivity index (χ0) is 23.8. The van der Waals surface area contributed by atoms with Crippen LogP contribution in [-0.4, -0.2) is 40.6 Å².